The summed E-state index contributed by atoms with van der Waals surface area (Å²) in [6, 6.07) is 8.76. The number of aromatic amines is 1. The number of imidazole rings is 1. The van der Waals surface area contributed by atoms with E-state index >= 15 is 0 Å². The number of amides is 1. The van der Waals surface area contributed by atoms with Gasteiger partial charge in [0.1, 0.15) is 12.4 Å². The molecule has 3 aromatic rings. The Morgan fingerprint density at radius 2 is 2.03 bits per heavy atom. The Kier molecular flexibility index (Phi) is 7.40. The topological polar surface area (TPSA) is 119 Å². The summed E-state index contributed by atoms with van der Waals surface area (Å²) < 4.78 is 21.6. The lowest BCUT2D eigenvalue weighted by atomic mass is 9.92. The van der Waals surface area contributed by atoms with E-state index in [2.05, 4.69) is 16.9 Å². The lowest BCUT2D eigenvalue weighted by Gasteiger charge is -2.25. The minimum Gasteiger partial charge on any atom is -0.461 e. The number of aromatic nitrogens is 2. The minimum atomic E-state index is -0.777. The third-order valence-electron chi connectivity index (χ3n) is 6.92. The van der Waals surface area contributed by atoms with Crippen LogP contribution in [0.25, 0.3) is 11.0 Å². The van der Waals surface area contributed by atoms with Crippen molar-refractivity contribution in [2.75, 3.05) is 6.61 Å². The summed E-state index contributed by atoms with van der Waals surface area (Å²) in [6.45, 7) is 5.33. The van der Waals surface area contributed by atoms with Crippen LogP contribution in [0, 0.1) is 17.7 Å². The van der Waals surface area contributed by atoms with E-state index < -0.39 is 35.7 Å². The van der Waals surface area contributed by atoms with E-state index in [4.69, 9.17) is 10.5 Å². The number of carbonyl (C=O) groups excluding carboxylic acids is 2. The molecule has 1 amide bonds. The lowest BCUT2D eigenvalue weighted by molar-refractivity contribution is -0.151. The van der Waals surface area contributed by atoms with Crippen molar-refractivity contribution in [2.45, 2.75) is 38.3 Å². The first kappa shape index (κ1) is 25.4. The van der Waals surface area contributed by atoms with E-state index in [9.17, 15) is 18.8 Å². The standard InChI is InChI=1S/C27H31FN4O4/c1-4-13-36-26(34)19-8-5-7-18(19)25(33)30-23(16-11-12-17(15(2)29)21(28)14-16)20-9-6-10-22-24(20)31-27(35)32(22)3/h4,6,9-12,14-15,18-19,23H,1,5,7-8,13,29H2,2-3H3,(H,30,33)(H,31,35)/t15?,18-,19+,23-/m1/s1. The first-order valence-corrected chi connectivity index (χ1v) is 12.0. The fraction of sp³-hybridized carbons (Fsp3) is 0.370. The predicted octanol–water partition coefficient (Wildman–Crippen LogP) is 3.38. The number of carbonyl (C=O) groups is 2. The number of fused-ring (bicyclic) bond motifs is 1. The molecule has 0 spiro atoms. The molecule has 190 valence electrons. The zero-order valence-electron chi connectivity index (χ0n) is 20.4. The van der Waals surface area contributed by atoms with Gasteiger partial charge in [0, 0.05) is 24.2 Å². The van der Waals surface area contributed by atoms with Crippen LogP contribution in [-0.4, -0.2) is 28.0 Å². The summed E-state index contributed by atoms with van der Waals surface area (Å²) >= 11 is 0. The number of hydrogen-bond acceptors (Lipinski definition) is 5. The monoisotopic (exact) mass is 494 g/mol. The Balaban J connectivity index is 1.74. The second-order valence-electron chi connectivity index (χ2n) is 9.30. The molecule has 4 N–H and O–H groups in total. The number of H-pyrrole nitrogens is 1. The molecule has 0 saturated heterocycles. The Morgan fingerprint density at radius 3 is 2.72 bits per heavy atom. The van der Waals surface area contributed by atoms with Crippen molar-refractivity contribution in [3.63, 3.8) is 0 Å². The Bertz CT molecular complexity index is 1360. The van der Waals surface area contributed by atoms with Gasteiger partial charge in [-0.25, -0.2) is 9.18 Å². The van der Waals surface area contributed by atoms with Gasteiger partial charge in [-0.3, -0.25) is 14.2 Å². The number of benzene rings is 2. The highest BCUT2D eigenvalue weighted by Gasteiger charge is 2.39. The number of nitrogens with two attached hydrogens (primary N) is 1. The predicted molar refractivity (Wildman–Crippen MR) is 135 cm³/mol. The largest absolute Gasteiger partial charge is 0.461 e. The number of hydrogen-bond donors (Lipinski definition) is 3. The summed E-state index contributed by atoms with van der Waals surface area (Å²) in [5, 5.41) is 3.03. The second-order valence-corrected chi connectivity index (χ2v) is 9.30. The molecule has 0 aliphatic heterocycles. The lowest BCUT2D eigenvalue weighted by Crippen LogP contribution is -2.38. The zero-order chi connectivity index (χ0) is 26.0. The van der Waals surface area contributed by atoms with Crippen LogP contribution < -0.4 is 16.7 Å². The average Bonchev–Trinajstić information content (AvgIpc) is 3.46. The smallest absolute Gasteiger partial charge is 0.326 e. The van der Waals surface area contributed by atoms with Gasteiger partial charge in [0.15, 0.2) is 0 Å². The third-order valence-corrected chi connectivity index (χ3v) is 6.92. The molecule has 1 fully saturated rings. The summed E-state index contributed by atoms with van der Waals surface area (Å²) in [5.74, 6) is -2.37. The number of aryl methyl sites for hydroxylation is 1. The van der Waals surface area contributed by atoms with Crippen LogP contribution in [0.1, 0.15) is 55.0 Å². The highest BCUT2D eigenvalue weighted by Crippen LogP contribution is 2.35. The van der Waals surface area contributed by atoms with Gasteiger partial charge in [-0.1, -0.05) is 43.3 Å². The number of esters is 1. The van der Waals surface area contributed by atoms with Gasteiger partial charge in [0.25, 0.3) is 0 Å². The van der Waals surface area contributed by atoms with Crippen molar-refractivity contribution >= 4 is 22.9 Å². The van der Waals surface area contributed by atoms with E-state index in [0.29, 0.717) is 40.6 Å². The van der Waals surface area contributed by atoms with Crippen LogP contribution in [-0.2, 0) is 21.4 Å². The van der Waals surface area contributed by atoms with Crippen LogP contribution >= 0.6 is 0 Å². The maximum absolute atomic E-state index is 15.0. The van der Waals surface area contributed by atoms with E-state index in [1.54, 1.807) is 44.3 Å². The van der Waals surface area contributed by atoms with Crippen molar-refractivity contribution in [3.8, 4) is 0 Å². The van der Waals surface area contributed by atoms with Crippen molar-refractivity contribution in [1.82, 2.24) is 14.9 Å². The van der Waals surface area contributed by atoms with Gasteiger partial charge < -0.3 is 20.8 Å². The maximum Gasteiger partial charge on any atom is 0.326 e. The van der Waals surface area contributed by atoms with E-state index in [1.807, 2.05) is 0 Å². The second kappa shape index (κ2) is 10.5. The van der Waals surface area contributed by atoms with Crippen LogP contribution in [0.15, 0.2) is 53.8 Å². The fourth-order valence-electron chi connectivity index (χ4n) is 5.00. The first-order chi connectivity index (χ1) is 17.2. The minimum absolute atomic E-state index is 0.0842. The molecule has 1 aliphatic carbocycles. The maximum atomic E-state index is 15.0. The van der Waals surface area contributed by atoms with Crippen LogP contribution in [0.3, 0.4) is 0 Å². The molecule has 0 bridgehead atoms. The molecule has 1 saturated carbocycles. The highest BCUT2D eigenvalue weighted by molar-refractivity contribution is 5.87. The number of ether oxygens (including phenoxy) is 1. The molecule has 1 aromatic heterocycles. The van der Waals surface area contributed by atoms with Gasteiger partial charge >= 0.3 is 11.7 Å². The first-order valence-electron chi connectivity index (χ1n) is 12.0. The summed E-state index contributed by atoms with van der Waals surface area (Å²) in [7, 11) is 1.65. The molecular weight excluding hydrogens is 463 g/mol. The fourth-order valence-corrected chi connectivity index (χ4v) is 5.00. The van der Waals surface area contributed by atoms with Gasteiger partial charge in [0.05, 0.1) is 28.9 Å². The third kappa shape index (κ3) is 4.83. The van der Waals surface area contributed by atoms with Crippen molar-refractivity contribution < 1.29 is 18.7 Å². The SMILES string of the molecule is C=CCOC(=O)[C@H]1CCC[C@H]1C(=O)N[C@H](c1ccc(C(C)N)c(F)c1)c1cccc2c1[nH]c(=O)n2C. The van der Waals surface area contributed by atoms with E-state index in [0.717, 1.165) is 6.42 Å². The Hall–Kier alpha value is -3.72. The number of halogens is 1. The molecule has 36 heavy (non-hydrogen) atoms. The van der Waals surface area contributed by atoms with Crippen molar-refractivity contribution in [2.24, 2.45) is 24.6 Å². The van der Waals surface area contributed by atoms with Crippen molar-refractivity contribution in [1.29, 1.82) is 0 Å². The van der Waals surface area contributed by atoms with Crippen LogP contribution in [0.4, 0.5) is 4.39 Å². The summed E-state index contributed by atoms with van der Waals surface area (Å²) in [5.41, 5.74) is 8.23. The Labute approximate surface area is 208 Å². The molecule has 0 radical (unpaired) electrons. The summed E-state index contributed by atoms with van der Waals surface area (Å²) in [4.78, 5) is 41.3. The average molecular weight is 495 g/mol. The highest BCUT2D eigenvalue weighted by atomic mass is 19.1. The number of nitrogens with zero attached hydrogens (tertiary/aromatic N) is 1. The normalized spacial score (nSPS) is 19.1. The molecule has 1 unspecified atom stereocenters. The quantitative estimate of drug-likeness (QED) is 0.328. The van der Waals surface area contributed by atoms with Crippen molar-refractivity contribution in [3.05, 3.63) is 82.0 Å². The molecule has 9 heteroatoms. The zero-order valence-corrected chi connectivity index (χ0v) is 20.4. The molecule has 1 aliphatic rings. The van der Waals surface area contributed by atoms with Gasteiger partial charge in [0.2, 0.25) is 5.91 Å². The van der Waals surface area contributed by atoms with E-state index in [1.165, 1.54) is 16.7 Å². The van der Waals surface area contributed by atoms with E-state index in [-0.39, 0.29) is 18.2 Å². The van der Waals surface area contributed by atoms with Crippen LogP contribution in [0.2, 0.25) is 0 Å². The number of para-hydroxylation sites is 1. The molecule has 1 heterocycles. The Morgan fingerprint density at radius 1 is 1.28 bits per heavy atom. The molecule has 4 atom stereocenters. The molecule has 4 rings (SSSR count). The molecule has 8 nitrogen and oxygen atoms in total. The van der Waals surface area contributed by atoms with Gasteiger partial charge in [-0.15, -0.1) is 0 Å². The number of nitrogens with one attached hydrogen (secondary N) is 2. The van der Waals surface area contributed by atoms with Crippen LogP contribution in [0.5, 0.6) is 0 Å². The molecule has 2 aromatic carbocycles. The van der Waals surface area contributed by atoms with Gasteiger partial charge in [-0.2, -0.15) is 0 Å². The van der Waals surface area contributed by atoms with Gasteiger partial charge in [-0.05, 0) is 37.5 Å². The number of rotatable bonds is 8. The molecular formula is C27H31FN4O4. The summed E-state index contributed by atoms with van der Waals surface area (Å²) in [6.07, 6.45) is 3.30.